The van der Waals surface area contributed by atoms with Crippen molar-refractivity contribution in [3.05, 3.63) is 72.4 Å². The van der Waals surface area contributed by atoms with Crippen molar-refractivity contribution < 1.29 is 14.3 Å². The van der Waals surface area contributed by atoms with Crippen molar-refractivity contribution in [3.8, 4) is 0 Å². The molecule has 6 nitrogen and oxygen atoms in total. The lowest BCUT2D eigenvalue weighted by molar-refractivity contribution is -0.142. The molecule has 158 valence electrons. The smallest absolute Gasteiger partial charge is 0.331 e. The first-order valence-corrected chi connectivity index (χ1v) is 10.5. The number of carbonyl (C=O) groups is 2. The van der Waals surface area contributed by atoms with Crippen molar-refractivity contribution in [1.82, 2.24) is 4.98 Å². The third kappa shape index (κ3) is 5.48. The van der Waals surface area contributed by atoms with Gasteiger partial charge in [-0.15, -0.1) is 0 Å². The minimum absolute atomic E-state index is 0.342. The van der Waals surface area contributed by atoms with Gasteiger partial charge in [-0.25, -0.2) is 4.79 Å². The summed E-state index contributed by atoms with van der Waals surface area (Å²) in [5.41, 5.74) is 3.46. The van der Waals surface area contributed by atoms with Crippen LogP contribution in [0.25, 0.3) is 17.0 Å². The number of rotatable bonds is 6. The Balaban J connectivity index is 1.27. The molecule has 2 aromatic carbocycles. The fourth-order valence-electron chi connectivity index (χ4n) is 3.71. The van der Waals surface area contributed by atoms with Crippen LogP contribution in [0.15, 0.2) is 66.9 Å². The van der Waals surface area contributed by atoms with Crippen molar-refractivity contribution in [2.24, 2.45) is 0 Å². The van der Waals surface area contributed by atoms with E-state index in [1.807, 2.05) is 54.6 Å². The van der Waals surface area contributed by atoms with E-state index in [2.05, 4.69) is 15.2 Å². The van der Waals surface area contributed by atoms with Crippen molar-refractivity contribution in [1.29, 1.82) is 0 Å². The molecule has 1 aliphatic heterocycles. The number of carbonyl (C=O) groups excluding carboxylic acids is 2. The summed E-state index contributed by atoms with van der Waals surface area (Å²) in [6.07, 6.45) is 8.39. The first kappa shape index (κ1) is 20.6. The molecule has 4 rings (SSSR count). The third-order valence-corrected chi connectivity index (χ3v) is 5.28. The van der Waals surface area contributed by atoms with Crippen LogP contribution in [-0.2, 0) is 14.3 Å². The number of pyridine rings is 1. The number of nitrogens with one attached hydrogen (secondary N) is 1. The highest BCUT2D eigenvalue weighted by Crippen LogP contribution is 2.22. The van der Waals surface area contributed by atoms with Crippen molar-refractivity contribution >= 4 is 40.2 Å². The zero-order valence-corrected chi connectivity index (χ0v) is 17.3. The zero-order valence-electron chi connectivity index (χ0n) is 17.3. The molecule has 1 N–H and O–H groups in total. The van der Waals surface area contributed by atoms with E-state index in [1.54, 1.807) is 12.3 Å². The number of piperidine rings is 1. The summed E-state index contributed by atoms with van der Waals surface area (Å²) in [5, 5.41) is 3.75. The van der Waals surface area contributed by atoms with E-state index in [4.69, 9.17) is 4.74 Å². The van der Waals surface area contributed by atoms with E-state index in [1.165, 1.54) is 25.3 Å². The van der Waals surface area contributed by atoms with Crippen LogP contribution in [0.5, 0.6) is 0 Å². The van der Waals surface area contributed by atoms with Crippen LogP contribution in [-0.4, -0.2) is 36.6 Å². The lowest BCUT2D eigenvalue weighted by Crippen LogP contribution is -2.29. The molecule has 1 aromatic heterocycles. The summed E-state index contributed by atoms with van der Waals surface area (Å²) in [7, 11) is 0. The van der Waals surface area contributed by atoms with Crippen molar-refractivity contribution in [2.45, 2.75) is 19.3 Å². The molecular formula is C25H25N3O3. The summed E-state index contributed by atoms with van der Waals surface area (Å²) < 4.78 is 5.06. The van der Waals surface area contributed by atoms with Gasteiger partial charge in [-0.2, -0.15) is 0 Å². The molecule has 0 radical (unpaired) electrons. The number of hydrogen-bond donors (Lipinski definition) is 1. The Kier molecular flexibility index (Phi) is 6.57. The summed E-state index contributed by atoms with van der Waals surface area (Å²) in [5.74, 6) is -0.956. The molecule has 0 saturated carbocycles. The fraction of sp³-hybridized carbons (Fsp3) is 0.240. The number of benzene rings is 2. The molecule has 1 amide bonds. The first-order valence-electron chi connectivity index (χ1n) is 10.5. The van der Waals surface area contributed by atoms with Gasteiger partial charge in [0.15, 0.2) is 6.61 Å². The van der Waals surface area contributed by atoms with Gasteiger partial charge in [-0.1, -0.05) is 24.3 Å². The predicted octanol–water partition coefficient (Wildman–Crippen LogP) is 4.42. The van der Waals surface area contributed by atoms with Gasteiger partial charge in [0.25, 0.3) is 5.91 Å². The largest absolute Gasteiger partial charge is 0.452 e. The quantitative estimate of drug-likeness (QED) is 0.477. The summed E-state index contributed by atoms with van der Waals surface area (Å²) >= 11 is 0. The van der Waals surface area contributed by atoms with Crippen LogP contribution < -0.4 is 10.2 Å². The monoisotopic (exact) mass is 415 g/mol. The Morgan fingerprint density at radius 2 is 1.77 bits per heavy atom. The van der Waals surface area contributed by atoms with Crippen LogP contribution >= 0.6 is 0 Å². The lowest BCUT2D eigenvalue weighted by Gasteiger charge is -2.28. The number of fused-ring (bicyclic) bond motifs is 1. The number of ether oxygens (including phenoxy) is 1. The molecule has 6 heteroatoms. The minimum atomic E-state index is -0.580. The van der Waals surface area contributed by atoms with Crippen LogP contribution in [0.2, 0.25) is 0 Å². The molecule has 2 heterocycles. The first-order chi connectivity index (χ1) is 15.2. The molecule has 0 aliphatic carbocycles. The second-order valence-corrected chi connectivity index (χ2v) is 7.51. The number of esters is 1. The van der Waals surface area contributed by atoms with Crippen LogP contribution in [0.3, 0.4) is 0 Å². The Hall–Kier alpha value is -3.67. The van der Waals surface area contributed by atoms with E-state index in [-0.39, 0.29) is 12.5 Å². The maximum atomic E-state index is 12.1. The molecule has 0 bridgehead atoms. The standard InChI is InChI=1S/C25H25N3O3/c29-23(27-21-10-12-22(13-11-21)28-16-2-1-3-17-28)18-31-24(30)14-9-20-7-4-6-19-8-5-15-26-25(19)20/h4-15H,1-3,16-18H2,(H,27,29)/b14-9+. The van der Waals surface area contributed by atoms with E-state index in [0.717, 1.165) is 35.2 Å². The van der Waals surface area contributed by atoms with Gasteiger partial charge in [0.2, 0.25) is 0 Å². The summed E-state index contributed by atoms with van der Waals surface area (Å²) in [6.45, 7) is 1.80. The average molecular weight is 415 g/mol. The van der Waals surface area contributed by atoms with Gasteiger partial charge in [0.05, 0.1) is 5.52 Å². The molecule has 1 saturated heterocycles. The van der Waals surface area contributed by atoms with E-state index in [9.17, 15) is 9.59 Å². The Labute approximate surface area is 181 Å². The number of anilines is 2. The van der Waals surface area contributed by atoms with Gasteiger partial charge in [0, 0.05) is 47.7 Å². The second-order valence-electron chi connectivity index (χ2n) is 7.51. The molecule has 0 atom stereocenters. The maximum absolute atomic E-state index is 12.1. The SMILES string of the molecule is O=C(COC(=O)/C=C/c1cccc2cccnc12)Nc1ccc(N2CCCCC2)cc1. The van der Waals surface area contributed by atoms with E-state index < -0.39 is 5.97 Å². The highest BCUT2D eigenvalue weighted by atomic mass is 16.5. The second kappa shape index (κ2) is 9.89. The highest BCUT2D eigenvalue weighted by molar-refractivity contribution is 5.96. The third-order valence-electron chi connectivity index (χ3n) is 5.28. The predicted molar refractivity (Wildman–Crippen MR) is 123 cm³/mol. The van der Waals surface area contributed by atoms with Crippen molar-refractivity contribution in [3.63, 3.8) is 0 Å². The van der Waals surface area contributed by atoms with Gasteiger partial charge in [0.1, 0.15) is 0 Å². The number of nitrogens with zero attached hydrogens (tertiary/aromatic N) is 2. The summed E-state index contributed by atoms with van der Waals surface area (Å²) in [6, 6.07) is 17.3. The number of aromatic nitrogens is 1. The van der Waals surface area contributed by atoms with Crippen LogP contribution in [0.1, 0.15) is 24.8 Å². The topological polar surface area (TPSA) is 71.5 Å². The molecule has 3 aromatic rings. The van der Waals surface area contributed by atoms with Crippen LogP contribution in [0, 0.1) is 0 Å². The lowest BCUT2D eigenvalue weighted by atomic mass is 10.1. The Morgan fingerprint density at radius 1 is 1.00 bits per heavy atom. The Morgan fingerprint density at radius 3 is 2.58 bits per heavy atom. The molecule has 1 aliphatic rings. The van der Waals surface area contributed by atoms with E-state index >= 15 is 0 Å². The average Bonchev–Trinajstić information content (AvgIpc) is 2.82. The van der Waals surface area contributed by atoms with Gasteiger partial charge in [-0.05, 0) is 55.7 Å². The van der Waals surface area contributed by atoms with Gasteiger partial charge < -0.3 is 15.0 Å². The van der Waals surface area contributed by atoms with Gasteiger partial charge in [-0.3, -0.25) is 9.78 Å². The molecule has 1 fully saturated rings. The minimum Gasteiger partial charge on any atom is -0.452 e. The molecule has 0 unspecified atom stereocenters. The highest BCUT2D eigenvalue weighted by Gasteiger charge is 2.11. The van der Waals surface area contributed by atoms with E-state index in [0.29, 0.717) is 5.69 Å². The zero-order chi connectivity index (χ0) is 21.5. The van der Waals surface area contributed by atoms with Crippen LogP contribution in [0.4, 0.5) is 11.4 Å². The Bertz CT molecular complexity index is 1080. The fourth-order valence-corrected chi connectivity index (χ4v) is 3.71. The number of hydrogen-bond acceptors (Lipinski definition) is 5. The van der Waals surface area contributed by atoms with Gasteiger partial charge >= 0.3 is 5.97 Å². The molecular weight excluding hydrogens is 390 g/mol. The number of amides is 1. The summed E-state index contributed by atoms with van der Waals surface area (Å²) in [4.78, 5) is 30.8. The molecule has 0 spiro atoms. The normalized spacial score (nSPS) is 14.0. The maximum Gasteiger partial charge on any atom is 0.331 e. The number of para-hydroxylation sites is 1. The van der Waals surface area contributed by atoms with Crippen molar-refractivity contribution in [2.75, 3.05) is 29.9 Å². The molecule has 31 heavy (non-hydrogen) atoms.